The Kier molecular flexibility index (Phi) is 5.88. The van der Waals surface area contributed by atoms with Gasteiger partial charge in [0.15, 0.2) is 0 Å². The number of ether oxygens (including phenoxy) is 1. The Morgan fingerprint density at radius 1 is 1.30 bits per heavy atom. The van der Waals surface area contributed by atoms with Crippen LogP contribution in [0.25, 0.3) is 0 Å². The quantitative estimate of drug-likeness (QED) is 0.802. The molecule has 2 atom stereocenters. The summed E-state index contributed by atoms with van der Waals surface area (Å²) >= 11 is 6.03. The van der Waals surface area contributed by atoms with Crippen LogP contribution in [0, 0.1) is 17.8 Å². The van der Waals surface area contributed by atoms with Gasteiger partial charge in [-0.25, -0.2) is 0 Å². The van der Waals surface area contributed by atoms with E-state index in [9.17, 15) is 9.59 Å². The molecule has 0 heterocycles. The molecule has 0 bridgehead atoms. The van der Waals surface area contributed by atoms with E-state index in [1.54, 1.807) is 18.2 Å². The van der Waals surface area contributed by atoms with Crippen molar-refractivity contribution in [2.75, 3.05) is 19.0 Å². The first-order chi connectivity index (χ1) is 10.9. The zero-order chi connectivity index (χ0) is 17.0. The van der Waals surface area contributed by atoms with Crippen LogP contribution in [0.5, 0.6) is 5.75 Å². The van der Waals surface area contributed by atoms with Crippen LogP contribution in [0.4, 0.5) is 5.69 Å². The molecule has 1 saturated carbocycles. The maximum atomic E-state index is 12.2. The van der Waals surface area contributed by atoms with Crippen molar-refractivity contribution in [3.8, 4) is 5.75 Å². The van der Waals surface area contributed by atoms with Gasteiger partial charge in [-0.3, -0.25) is 9.59 Å². The Bertz CT molecular complexity index is 589. The minimum Gasteiger partial charge on any atom is -0.495 e. The third-order valence-electron chi connectivity index (χ3n) is 3.90. The normalized spacial score (nSPS) is 19.3. The summed E-state index contributed by atoms with van der Waals surface area (Å²) in [6, 6.07) is 5.06. The van der Waals surface area contributed by atoms with Gasteiger partial charge in [0.1, 0.15) is 5.75 Å². The summed E-state index contributed by atoms with van der Waals surface area (Å²) in [6.07, 6.45) is 1.54. The van der Waals surface area contributed by atoms with E-state index in [0.717, 1.165) is 6.42 Å². The van der Waals surface area contributed by atoms with E-state index in [4.69, 9.17) is 16.3 Å². The number of carbonyl (C=O) groups is 2. The monoisotopic (exact) mass is 338 g/mol. The summed E-state index contributed by atoms with van der Waals surface area (Å²) in [6.45, 7) is 4.88. The second-order valence-electron chi connectivity index (χ2n) is 6.26. The average molecular weight is 339 g/mol. The number of hydrogen-bond donors (Lipinski definition) is 2. The lowest BCUT2D eigenvalue weighted by Gasteiger charge is -2.09. The highest BCUT2D eigenvalue weighted by Gasteiger charge is 2.47. The van der Waals surface area contributed by atoms with Crippen molar-refractivity contribution in [3.63, 3.8) is 0 Å². The van der Waals surface area contributed by atoms with Gasteiger partial charge < -0.3 is 15.4 Å². The van der Waals surface area contributed by atoms with Gasteiger partial charge in [-0.05, 0) is 37.0 Å². The predicted molar refractivity (Wildman–Crippen MR) is 90.7 cm³/mol. The first-order valence-electron chi connectivity index (χ1n) is 7.84. The highest BCUT2D eigenvalue weighted by Crippen LogP contribution is 2.39. The standard InChI is InChI=1S/C17H23ClN2O3/c1-10(2)6-7-19-16(21)12-9-13(12)17(22)20-11-4-5-15(23-3)14(18)8-11/h4-5,8,10,12-13H,6-7,9H2,1-3H3,(H,19,21)(H,20,22). The molecular formula is C17H23ClN2O3. The lowest BCUT2D eigenvalue weighted by Crippen LogP contribution is -2.28. The molecule has 0 saturated heterocycles. The molecule has 0 radical (unpaired) electrons. The van der Waals surface area contributed by atoms with Crippen molar-refractivity contribution in [3.05, 3.63) is 23.2 Å². The Labute approximate surface area is 141 Å². The molecule has 2 unspecified atom stereocenters. The van der Waals surface area contributed by atoms with Crippen LogP contribution in [-0.4, -0.2) is 25.5 Å². The van der Waals surface area contributed by atoms with Gasteiger partial charge in [0.05, 0.1) is 24.0 Å². The topological polar surface area (TPSA) is 67.4 Å². The largest absolute Gasteiger partial charge is 0.495 e. The molecule has 0 aliphatic heterocycles. The number of nitrogens with one attached hydrogen (secondary N) is 2. The lowest BCUT2D eigenvalue weighted by atomic mass is 10.1. The number of hydrogen-bond acceptors (Lipinski definition) is 3. The van der Waals surface area contributed by atoms with Crippen molar-refractivity contribution in [1.29, 1.82) is 0 Å². The van der Waals surface area contributed by atoms with Gasteiger partial charge in [0.25, 0.3) is 0 Å². The van der Waals surface area contributed by atoms with Crippen LogP contribution in [0.15, 0.2) is 18.2 Å². The van der Waals surface area contributed by atoms with Crippen LogP contribution in [0.3, 0.4) is 0 Å². The van der Waals surface area contributed by atoms with Crippen LogP contribution in [0.1, 0.15) is 26.7 Å². The number of anilines is 1. The SMILES string of the molecule is COc1ccc(NC(=O)C2CC2C(=O)NCCC(C)C)cc1Cl. The van der Waals surface area contributed by atoms with Crippen LogP contribution >= 0.6 is 11.6 Å². The third kappa shape index (κ3) is 4.86. The van der Waals surface area contributed by atoms with E-state index in [1.807, 2.05) is 0 Å². The average Bonchev–Trinajstić information content (AvgIpc) is 3.27. The van der Waals surface area contributed by atoms with Gasteiger partial charge >= 0.3 is 0 Å². The molecule has 0 spiro atoms. The fraction of sp³-hybridized carbons (Fsp3) is 0.529. The van der Waals surface area contributed by atoms with Gasteiger partial charge in [-0.2, -0.15) is 0 Å². The molecular weight excluding hydrogens is 316 g/mol. The highest BCUT2D eigenvalue weighted by molar-refractivity contribution is 6.32. The molecule has 2 N–H and O–H groups in total. The summed E-state index contributed by atoms with van der Waals surface area (Å²) in [5, 5.41) is 6.12. The van der Waals surface area contributed by atoms with E-state index >= 15 is 0 Å². The number of halogens is 1. The molecule has 5 nitrogen and oxygen atoms in total. The fourth-order valence-corrected chi connectivity index (χ4v) is 2.63. The van der Waals surface area contributed by atoms with Gasteiger partial charge in [-0.15, -0.1) is 0 Å². The molecule has 2 amide bonds. The number of rotatable bonds is 7. The molecule has 0 aromatic heterocycles. The van der Waals surface area contributed by atoms with E-state index in [1.165, 1.54) is 7.11 Å². The van der Waals surface area contributed by atoms with Gasteiger partial charge in [-0.1, -0.05) is 25.4 Å². The predicted octanol–water partition coefficient (Wildman–Crippen LogP) is 3.09. The summed E-state index contributed by atoms with van der Waals surface area (Å²) in [5.41, 5.74) is 0.603. The molecule has 126 valence electrons. The van der Waals surface area contributed by atoms with Gasteiger partial charge in [0, 0.05) is 12.2 Å². The summed E-state index contributed by atoms with van der Waals surface area (Å²) in [4.78, 5) is 24.1. The minimum absolute atomic E-state index is 0.0291. The lowest BCUT2D eigenvalue weighted by molar-refractivity contribution is -0.125. The van der Waals surface area contributed by atoms with E-state index in [2.05, 4.69) is 24.5 Å². The zero-order valence-electron chi connectivity index (χ0n) is 13.7. The van der Waals surface area contributed by atoms with E-state index in [-0.39, 0.29) is 23.7 Å². The van der Waals surface area contributed by atoms with Crippen molar-refractivity contribution >= 4 is 29.1 Å². The molecule has 2 rings (SSSR count). The van der Waals surface area contributed by atoms with Crippen LogP contribution in [-0.2, 0) is 9.59 Å². The molecule has 1 fully saturated rings. The first kappa shape index (κ1) is 17.6. The number of benzene rings is 1. The Hall–Kier alpha value is -1.75. The van der Waals surface area contributed by atoms with E-state index < -0.39 is 0 Å². The van der Waals surface area contributed by atoms with Gasteiger partial charge in [0.2, 0.25) is 11.8 Å². The number of methoxy groups -OCH3 is 1. The Morgan fingerprint density at radius 2 is 2.00 bits per heavy atom. The van der Waals surface area contributed by atoms with Crippen molar-refractivity contribution < 1.29 is 14.3 Å². The first-order valence-corrected chi connectivity index (χ1v) is 8.22. The molecule has 23 heavy (non-hydrogen) atoms. The molecule has 6 heteroatoms. The maximum absolute atomic E-state index is 12.2. The zero-order valence-corrected chi connectivity index (χ0v) is 14.4. The molecule has 1 aromatic carbocycles. The number of amides is 2. The summed E-state index contributed by atoms with van der Waals surface area (Å²) in [7, 11) is 1.53. The molecule has 1 aromatic rings. The minimum atomic E-state index is -0.255. The van der Waals surface area contributed by atoms with Crippen molar-refractivity contribution in [2.45, 2.75) is 26.7 Å². The van der Waals surface area contributed by atoms with Crippen LogP contribution in [0.2, 0.25) is 5.02 Å². The fourth-order valence-electron chi connectivity index (χ4n) is 2.37. The maximum Gasteiger partial charge on any atom is 0.228 e. The Balaban J connectivity index is 1.81. The third-order valence-corrected chi connectivity index (χ3v) is 4.20. The highest BCUT2D eigenvalue weighted by atomic mass is 35.5. The van der Waals surface area contributed by atoms with Crippen molar-refractivity contribution in [2.24, 2.45) is 17.8 Å². The summed E-state index contributed by atoms with van der Waals surface area (Å²) < 4.78 is 5.07. The smallest absolute Gasteiger partial charge is 0.228 e. The van der Waals surface area contributed by atoms with Crippen molar-refractivity contribution in [1.82, 2.24) is 5.32 Å². The molecule has 1 aliphatic rings. The second kappa shape index (κ2) is 7.68. The Morgan fingerprint density at radius 3 is 2.61 bits per heavy atom. The van der Waals surface area contributed by atoms with Crippen LogP contribution < -0.4 is 15.4 Å². The molecule has 1 aliphatic carbocycles. The second-order valence-corrected chi connectivity index (χ2v) is 6.67. The van der Waals surface area contributed by atoms with E-state index in [0.29, 0.717) is 35.3 Å². The number of carbonyl (C=O) groups excluding carboxylic acids is 2. The summed E-state index contributed by atoms with van der Waals surface area (Å²) in [5.74, 6) is 0.464.